The van der Waals surface area contributed by atoms with Crippen molar-refractivity contribution in [3.05, 3.63) is 0 Å². The van der Waals surface area contributed by atoms with Gasteiger partial charge in [0.25, 0.3) is 0 Å². The molecule has 5 heteroatoms. The molecule has 1 heterocycles. The summed E-state index contributed by atoms with van der Waals surface area (Å²) in [6, 6.07) is 0.487. The number of ether oxygens (including phenoxy) is 1. The first-order valence-electron chi connectivity index (χ1n) is 8.62. The lowest BCUT2D eigenvalue weighted by Crippen LogP contribution is -2.46. The van der Waals surface area contributed by atoms with Gasteiger partial charge in [-0.1, -0.05) is 6.92 Å². The Balaban J connectivity index is 2.26. The number of amides is 1. The molecule has 1 rings (SSSR count). The van der Waals surface area contributed by atoms with Gasteiger partial charge in [-0.2, -0.15) is 0 Å². The van der Waals surface area contributed by atoms with Gasteiger partial charge in [-0.05, 0) is 59.5 Å². The summed E-state index contributed by atoms with van der Waals surface area (Å²) < 4.78 is 5.35. The second-order valence-corrected chi connectivity index (χ2v) is 7.44. The lowest BCUT2D eigenvalue weighted by Gasteiger charge is -2.35. The van der Waals surface area contributed by atoms with Crippen LogP contribution in [0.4, 0.5) is 4.79 Å². The normalized spacial score (nSPS) is 21.5. The molecule has 0 saturated carbocycles. The van der Waals surface area contributed by atoms with Crippen LogP contribution in [0, 0.1) is 5.92 Å². The molecule has 0 radical (unpaired) electrons. The van der Waals surface area contributed by atoms with Crippen molar-refractivity contribution in [2.45, 2.75) is 59.1 Å². The number of rotatable bonds is 6. The van der Waals surface area contributed by atoms with Crippen LogP contribution in [0.15, 0.2) is 0 Å². The number of nitrogens with zero attached hydrogens (tertiary/aromatic N) is 2. The maximum Gasteiger partial charge on any atom is 0.410 e. The van der Waals surface area contributed by atoms with Crippen molar-refractivity contribution in [3.8, 4) is 0 Å². The lowest BCUT2D eigenvalue weighted by molar-refractivity contribution is 0.0298. The van der Waals surface area contributed by atoms with Gasteiger partial charge in [0.2, 0.25) is 0 Å². The van der Waals surface area contributed by atoms with Crippen LogP contribution >= 0.6 is 0 Å². The van der Waals surface area contributed by atoms with E-state index >= 15 is 0 Å². The smallest absolute Gasteiger partial charge is 0.410 e. The predicted octanol–water partition coefficient (Wildman–Crippen LogP) is 2.56. The third-order valence-corrected chi connectivity index (χ3v) is 4.31. The molecule has 1 amide bonds. The van der Waals surface area contributed by atoms with Crippen LogP contribution in [-0.4, -0.2) is 67.3 Å². The first-order valence-corrected chi connectivity index (χ1v) is 8.62. The molecule has 1 aliphatic rings. The fourth-order valence-electron chi connectivity index (χ4n) is 2.84. The summed E-state index contributed by atoms with van der Waals surface area (Å²) in [7, 11) is 1.79. The van der Waals surface area contributed by atoms with Crippen LogP contribution in [0.3, 0.4) is 0 Å². The van der Waals surface area contributed by atoms with Crippen LogP contribution in [0.1, 0.15) is 47.5 Å². The topological polar surface area (TPSA) is 44.8 Å². The second kappa shape index (κ2) is 8.73. The van der Waals surface area contributed by atoms with E-state index in [2.05, 4.69) is 24.1 Å². The summed E-state index contributed by atoms with van der Waals surface area (Å²) in [5, 5.41) is 3.57. The minimum Gasteiger partial charge on any atom is -0.444 e. The van der Waals surface area contributed by atoms with E-state index in [4.69, 9.17) is 4.74 Å². The summed E-state index contributed by atoms with van der Waals surface area (Å²) in [6.07, 6.45) is 2.34. The van der Waals surface area contributed by atoms with Crippen molar-refractivity contribution < 1.29 is 9.53 Å². The van der Waals surface area contributed by atoms with E-state index in [0.717, 1.165) is 13.1 Å². The standard InChI is InChI=1S/C17H35N3O2/c1-7-20-11-8-9-15(13-20)14(2)18-10-12-19(6)16(21)22-17(3,4)5/h14-15,18H,7-13H2,1-6H3. The number of piperidine rings is 1. The average molecular weight is 313 g/mol. The highest BCUT2D eigenvalue weighted by Gasteiger charge is 2.24. The zero-order valence-corrected chi connectivity index (χ0v) is 15.3. The quantitative estimate of drug-likeness (QED) is 0.818. The van der Waals surface area contributed by atoms with Crippen LogP contribution in [0.2, 0.25) is 0 Å². The summed E-state index contributed by atoms with van der Waals surface area (Å²) in [5.74, 6) is 0.709. The van der Waals surface area contributed by atoms with Gasteiger partial charge in [0.05, 0.1) is 0 Å². The molecule has 0 bridgehead atoms. The molecular formula is C17H35N3O2. The van der Waals surface area contributed by atoms with Gasteiger partial charge in [0.1, 0.15) is 5.60 Å². The molecule has 22 heavy (non-hydrogen) atoms. The minimum atomic E-state index is -0.433. The van der Waals surface area contributed by atoms with Gasteiger partial charge in [-0.3, -0.25) is 0 Å². The molecular weight excluding hydrogens is 278 g/mol. The summed E-state index contributed by atoms with van der Waals surface area (Å²) in [6.45, 7) is 15.2. The molecule has 2 unspecified atom stereocenters. The Morgan fingerprint density at radius 1 is 1.45 bits per heavy atom. The van der Waals surface area contributed by atoms with E-state index in [1.807, 2.05) is 20.8 Å². The van der Waals surface area contributed by atoms with Gasteiger partial charge >= 0.3 is 6.09 Å². The van der Waals surface area contributed by atoms with Crippen molar-refractivity contribution in [1.29, 1.82) is 0 Å². The van der Waals surface area contributed by atoms with Gasteiger partial charge in [0, 0.05) is 32.7 Å². The Bertz CT molecular complexity index is 341. The number of hydrogen-bond donors (Lipinski definition) is 1. The molecule has 1 N–H and O–H groups in total. The molecule has 0 aliphatic carbocycles. The number of likely N-dealkylation sites (N-methyl/N-ethyl adjacent to an activating group) is 1. The number of hydrogen-bond acceptors (Lipinski definition) is 4. The Morgan fingerprint density at radius 2 is 2.14 bits per heavy atom. The number of carbonyl (C=O) groups is 1. The molecule has 0 spiro atoms. The van der Waals surface area contributed by atoms with Gasteiger partial charge in [0.15, 0.2) is 0 Å². The van der Waals surface area contributed by atoms with Crippen LogP contribution in [0.5, 0.6) is 0 Å². The largest absolute Gasteiger partial charge is 0.444 e. The molecule has 1 saturated heterocycles. The predicted molar refractivity (Wildman–Crippen MR) is 91.2 cm³/mol. The summed E-state index contributed by atoms with van der Waals surface area (Å²) >= 11 is 0. The monoisotopic (exact) mass is 313 g/mol. The molecule has 0 aromatic rings. The van der Waals surface area contributed by atoms with Crippen molar-refractivity contribution >= 4 is 6.09 Å². The van der Waals surface area contributed by atoms with Gasteiger partial charge in [-0.25, -0.2) is 4.79 Å². The summed E-state index contributed by atoms with van der Waals surface area (Å²) in [5.41, 5.74) is -0.433. The highest BCUT2D eigenvalue weighted by atomic mass is 16.6. The van der Waals surface area contributed by atoms with Crippen molar-refractivity contribution in [2.24, 2.45) is 5.92 Å². The van der Waals surface area contributed by atoms with Gasteiger partial charge < -0.3 is 19.9 Å². The molecule has 5 nitrogen and oxygen atoms in total. The van der Waals surface area contributed by atoms with Crippen molar-refractivity contribution in [2.75, 3.05) is 39.8 Å². The van der Waals surface area contributed by atoms with Crippen LogP contribution in [0.25, 0.3) is 0 Å². The Labute approximate surface area is 136 Å². The maximum atomic E-state index is 11.9. The third kappa shape index (κ3) is 6.97. The SMILES string of the molecule is CCN1CCCC(C(C)NCCN(C)C(=O)OC(C)(C)C)C1. The molecule has 0 aromatic carbocycles. The van der Waals surface area contributed by atoms with E-state index in [-0.39, 0.29) is 6.09 Å². The minimum absolute atomic E-state index is 0.253. The van der Waals surface area contributed by atoms with Crippen LogP contribution < -0.4 is 5.32 Å². The Hall–Kier alpha value is -0.810. The van der Waals surface area contributed by atoms with E-state index in [1.54, 1.807) is 11.9 Å². The van der Waals surface area contributed by atoms with Crippen LogP contribution in [-0.2, 0) is 4.74 Å². The zero-order valence-electron chi connectivity index (χ0n) is 15.3. The zero-order chi connectivity index (χ0) is 16.8. The first kappa shape index (κ1) is 19.2. The number of carbonyl (C=O) groups excluding carboxylic acids is 1. The Morgan fingerprint density at radius 3 is 2.73 bits per heavy atom. The highest BCUT2D eigenvalue weighted by Crippen LogP contribution is 2.19. The van der Waals surface area contributed by atoms with E-state index in [9.17, 15) is 4.79 Å². The van der Waals surface area contributed by atoms with Crippen molar-refractivity contribution in [3.63, 3.8) is 0 Å². The molecule has 1 fully saturated rings. The number of nitrogens with one attached hydrogen (secondary N) is 1. The lowest BCUT2D eigenvalue weighted by atomic mass is 9.91. The maximum absolute atomic E-state index is 11.9. The molecule has 130 valence electrons. The van der Waals surface area contributed by atoms with E-state index in [1.165, 1.54) is 25.9 Å². The fraction of sp³-hybridized carbons (Fsp3) is 0.941. The molecule has 2 atom stereocenters. The molecule has 0 aromatic heterocycles. The van der Waals surface area contributed by atoms with Gasteiger partial charge in [-0.15, -0.1) is 0 Å². The highest BCUT2D eigenvalue weighted by molar-refractivity contribution is 5.67. The average Bonchev–Trinajstić information content (AvgIpc) is 2.45. The second-order valence-electron chi connectivity index (χ2n) is 7.44. The fourth-order valence-corrected chi connectivity index (χ4v) is 2.84. The summed E-state index contributed by atoms with van der Waals surface area (Å²) in [4.78, 5) is 16.1. The number of likely N-dealkylation sites (tertiary alicyclic amines) is 1. The first-order chi connectivity index (χ1) is 10.2. The van der Waals surface area contributed by atoms with E-state index < -0.39 is 5.60 Å². The Kier molecular flexibility index (Phi) is 7.63. The third-order valence-electron chi connectivity index (χ3n) is 4.31. The van der Waals surface area contributed by atoms with E-state index in [0.29, 0.717) is 18.5 Å². The molecule has 1 aliphatic heterocycles. The van der Waals surface area contributed by atoms with Crippen molar-refractivity contribution in [1.82, 2.24) is 15.1 Å².